The summed E-state index contributed by atoms with van der Waals surface area (Å²) in [6.07, 6.45) is 1.12. The van der Waals surface area contributed by atoms with E-state index >= 15 is 0 Å². The van der Waals surface area contributed by atoms with Crippen LogP contribution in [0.5, 0.6) is 0 Å². The average molecular weight is 359 g/mol. The lowest BCUT2D eigenvalue weighted by atomic mass is 10.2. The summed E-state index contributed by atoms with van der Waals surface area (Å²) in [6, 6.07) is 7.07. The molecule has 0 radical (unpaired) electrons. The molecule has 0 atom stereocenters. The predicted octanol–water partition coefficient (Wildman–Crippen LogP) is 0.235. The van der Waals surface area contributed by atoms with Crippen molar-refractivity contribution in [3.63, 3.8) is 0 Å². The third kappa shape index (κ3) is 3.39. The first kappa shape index (κ1) is 16.4. The summed E-state index contributed by atoms with van der Waals surface area (Å²) in [5.41, 5.74) is 0.908. The van der Waals surface area contributed by atoms with Crippen molar-refractivity contribution in [2.75, 3.05) is 32.4 Å². The first-order valence-electron chi connectivity index (χ1n) is 7.03. The third-order valence-corrected chi connectivity index (χ3v) is 6.92. The molecule has 0 N–H and O–H groups in total. The highest BCUT2D eigenvalue weighted by Crippen LogP contribution is 2.21. The van der Waals surface area contributed by atoms with Gasteiger partial charge in [0.1, 0.15) is 11.4 Å². The van der Waals surface area contributed by atoms with Crippen LogP contribution in [0, 0.1) is 0 Å². The van der Waals surface area contributed by atoms with Gasteiger partial charge in [0.15, 0.2) is 5.58 Å². The summed E-state index contributed by atoms with van der Waals surface area (Å²) in [5.74, 6) is -0.261. The number of benzene rings is 1. The minimum atomic E-state index is -3.58. The maximum absolute atomic E-state index is 12.5. The van der Waals surface area contributed by atoms with Crippen LogP contribution in [0.25, 0.3) is 11.0 Å². The molecule has 0 saturated carbocycles. The molecule has 3 rings (SSSR count). The van der Waals surface area contributed by atoms with Crippen LogP contribution >= 0.6 is 0 Å². The number of hydrogen-bond acceptors (Lipinski definition) is 6. The molecular formula is C13H17N3O5S2. The van der Waals surface area contributed by atoms with Crippen molar-refractivity contribution in [1.82, 2.24) is 13.8 Å². The second-order valence-electron chi connectivity index (χ2n) is 5.44. The molecule has 1 fully saturated rings. The Balaban J connectivity index is 1.75. The molecule has 126 valence electrons. The standard InChI is InChI=1S/C13H17N3O5S2/c1-22(17,18)15-6-8-16(9-7-15)23(19,20)10-12-11-4-2-3-5-13(11)21-14-12/h2-5H,6-10H2,1H3. The summed E-state index contributed by atoms with van der Waals surface area (Å²) < 4.78 is 55.7. The van der Waals surface area contributed by atoms with Crippen molar-refractivity contribution >= 4 is 31.0 Å². The van der Waals surface area contributed by atoms with Crippen LogP contribution in [-0.2, 0) is 25.8 Å². The lowest BCUT2D eigenvalue weighted by molar-refractivity contribution is 0.273. The van der Waals surface area contributed by atoms with Crippen LogP contribution in [0.15, 0.2) is 28.8 Å². The highest BCUT2D eigenvalue weighted by atomic mass is 32.2. The molecule has 0 aliphatic carbocycles. The van der Waals surface area contributed by atoms with Gasteiger partial charge in [0, 0.05) is 31.6 Å². The quantitative estimate of drug-likeness (QED) is 0.775. The zero-order chi connectivity index (χ0) is 16.7. The molecule has 0 amide bonds. The zero-order valence-electron chi connectivity index (χ0n) is 12.5. The number of para-hydroxylation sites is 1. The molecule has 1 aromatic heterocycles. The van der Waals surface area contributed by atoms with Gasteiger partial charge < -0.3 is 4.52 Å². The second kappa shape index (κ2) is 5.86. The number of sulfonamides is 2. The van der Waals surface area contributed by atoms with E-state index in [1.807, 2.05) is 0 Å². The number of piperazine rings is 1. The van der Waals surface area contributed by atoms with Gasteiger partial charge in [-0.2, -0.15) is 8.61 Å². The molecule has 8 nitrogen and oxygen atoms in total. The minimum absolute atomic E-state index is 0.144. The van der Waals surface area contributed by atoms with E-state index in [0.29, 0.717) is 16.7 Å². The molecule has 1 aliphatic rings. The molecule has 1 aliphatic heterocycles. The number of aromatic nitrogens is 1. The number of fused-ring (bicyclic) bond motifs is 1. The van der Waals surface area contributed by atoms with Gasteiger partial charge in [-0.25, -0.2) is 16.8 Å². The van der Waals surface area contributed by atoms with Gasteiger partial charge >= 0.3 is 0 Å². The Bertz CT molecular complexity index is 912. The molecule has 0 unspecified atom stereocenters. The summed E-state index contributed by atoms with van der Waals surface area (Å²) in [4.78, 5) is 0. The fourth-order valence-corrected chi connectivity index (χ4v) is 4.87. The molecule has 2 aromatic rings. The maximum Gasteiger partial charge on any atom is 0.220 e. The van der Waals surface area contributed by atoms with Crippen molar-refractivity contribution < 1.29 is 21.4 Å². The van der Waals surface area contributed by atoms with Gasteiger partial charge in [-0.15, -0.1) is 0 Å². The monoisotopic (exact) mass is 359 g/mol. The summed E-state index contributed by atoms with van der Waals surface area (Å²) in [5, 5.41) is 4.51. The van der Waals surface area contributed by atoms with Crippen LogP contribution in [0.1, 0.15) is 5.69 Å². The smallest absolute Gasteiger partial charge is 0.220 e. The Hall–Kier alpha value is -1.49. The van der Waals surface area contributed by atoms with Gasteiger partial charge in [-0.3, -0.25) is 0 Å². The van der Waals surface area contributed by atoms with Crippen LogP contribution in [0.3, 0.4) is 0 Å². The van der Waals surface area contributed by atoms with E-state index in [0.717, 1.165) is 6.26 Å². The van der Waals surface area contributed by atoms with E-state index in [9.17, 15) is 16.8 Å². The van der Waals surface area contributed by atoms with Crippen LogP contribution in [-0.4, -0.2) is 63.0 Å². The lowest BCUT2D eigenvalue weighted by Gasteiger charge is -2.32. The molecule has 2 heterocycles. The topological polar surface area (TPSA) is 101 Å². The van der Waals surface area contributed by atoms with Crippen molar-refractivity contribution in [1.29, 1.82) is 0 Å². The largest absolute Gasteiger partial charge is 0.356 e. The number of nitrogens with zero attached hydrogens (tertiary/aromatic N) is 3. The Labute approximate surface area is 134 Å². The number of rotatable bonds is 4. The van der Waals surface area contributed by atoms with Crippen molar-refractivity contribution in [2.45, 2.75) is 5.75 Å². The Morgan fingerprint density at radius 2 is 1.65 bits per heavy atom. The summed E-state index contributed by atoms with van der Waals surface area (Å²) in [7, 11) is -6.87. The van der Waals surface area contributed by atoms with Gasteiger partial charge in [0.05, 0.1) is 6.26 Å². The second-order valence-corrected chi connectivity index (χ2v) is 9.39. The summed E-state index contributed by atoms with van der Waals surface area (Å²) in [6.45, 7) is 0.617. The molecule has 23 heavy (non-hydrogen) atoms. The van der Waals surface area contributed by atoms with Gasteiger partial charge in [0.25, 0.3) is 0 Å². The molecule has 1 aromatic carbocycles. The minimum Gasteiger partial charge on any atom is -0.356 e. The molecule has 0 bridgehead atoms. The molecular weight excluding hydrogens is 342 g/mol. The van der Waals surface area contributed by atoms with Crippen LogP contribution in [0.4, 0.5) is 0 Å². The molecule has 1 saturated heterocycles. The van der Waals surface area contributed by atoms with Crippen LogP contribution in [0.2, 0.25) is 0 Å². The summed E-state index contributed by atoms with van der Waals surface area (Å²) >= 11 is 0. The van der Waals surface area contributed by atoms with Crippen molar-refractivity contribution in [3.8, 4) is 0 Å². The van der Waals surface area contributed by atoms with Gasteiger partial charge in [0.2, 0.25) is 20.0 Å². The third-order valence-electron chi connectivity index (χ3n) is 3.83. The molecule has 10 heteroatoms. The van der Waals surface area contributed by atoms with E-state index in [1.165, 1.54) is 8.61 Å². The van der Waals surface area contributed by atoms with Crippen molar-refractivity contribution in [2.24, 2.45) is 0 Å². The first-order chi connectivity index (χ1) is 10.8. The SMILES string of the molecule is CS(=O)(=O)N1CCN(S(=O)(=O)Cc2noc3ccccc23)CC1. The van der Waals surface area contributed by atoms with E-state index < -0.39 is 20.0 Å². The van der Waals surface area contributed by atoms with Crippen LogP contribution < -0.4 is 0 Å². The zero-order valence-corrected chi connectivity index (χ0v) is 14.2. The highest BCUT2D eigenvalue weighted by Gasteiger charge is 2.31. The lowest BCUT2D eigenvalue weighted by Crippen LogP contribution is -2.50. The Morgan fingerprint density at radius 1 is 1.04 bits per heavy atom. The fourth-order valence-electron chi connectivity index (χ4n) is 2.59. The first-order valence-corrected chi connectivity index (χ1v) is 10.5. The van der Waals surface area contributed by atoms with E-state index in [-0.39, 0.29) is 31.9 Å². The fraction of sp³-hybridized carbons (Fsp3) is 0.462. The normalized spacial score (nSPS) is 18.5. The number of hydrogen-bond donors (Lipinski definition) is 0. The van der Waals surface area contributed by atoms with Gasteiger partial charge in [-0.1, -0.05) is 17.3 Å². The van der Waals surface area contributed by atoms with E-state index in [2.05, 4.69) is 5.16 Å². The van der Waals surface area contributed by atoms with Gasteiger partial charge in [-0.05, 0) is 12.1 Å². The highest BCUT2D eigenvalue weighted by molar-refractivity contribution is 7.88. The average Bonchev–Trinajstić information content (AvgIpc) is 2.89. The predicted molar refractivity (Wildman–Crippen MR) is 84.6 cm³/mol. The Morgan fingerprint density at radius 3 is 2.30 bits per heavy atom. The van der Waals surface area contributed by atoms with Crippen molar-refractivity contribution in [3.05, 3.63) is 30.0 Å². The molecule has 0 spiro atoms. The van der Waals surface area contributed by atoms with E-state index in [1.54, 1.807) is 24.3 Å². The van der Waals surface area contributed by atoms with E-state index in [4.69, 9.17) is 4.52 Å². The Kier molecular flexibility index (Phi) is 4.17. The maximum atomic E-state index is 12.5.